The average molecular weight is 965 g/mol. The van der Waals surface area contributed by atoms with Gasteiger partial charge in [-0.15, -0.1) is 0 Å². The van der Waals surface area contributed by atoms with Gasteiger partial charge in [-0.25, -0.2) is 0 Å². The van der Waals surface area contributed by atoms with Crippen molar-refractivity contribution in [3.63, 3.8) is 0 Å². The number of rotatable bonds is 4. The lowest BCUT2D eigenvalue weighted by Gasteiger charge is -2.26. The molecular formula is C67H75Cl2N. The van der Waals surface area contributed by atoms with Crippen LogP contribution in [-0.2, 0) is 38.9 Å². The molecule has 9 rings (SSSR count). The molecule has 3 heteroatoms. The highest BCUT2D eigenvalue weighted by Crippen LogP contribution is 2.56. The third-order valence-electron chi connectivity index (χ3n) is 15.1. The second-order valence-electron chi connectivity index (χ2n) is 26.8. The van der Waals surface area contributed by atoms with E-state index < -0.39 is 0 Å². The van der Waals surface area contributed by atoms with E-state index >= 15 is 0 Å². The van der Waals surface area contributed by atoms with E-state index in [1.165, 1.54) is 94.2 Å². The highest BCUT2D eigenvalue weighted by Gasteiger charge is 2.34. The lowest BCUT2D eigenvalue weighted by molar-refractivity contribution is 0.568. The summed E-state index contributed by atoms with van der Waals surface area (Å²) >= 11 is 15.1. The monoisotopic (exact) mass is 964 g/mol. The molecule has 1 aliphatic carbocycles. The Kier molecular flexibility index (Phi) is 11.9. The van der Waals surface area contributed by atoms with E-state index in [0.29, 0.717) is 0 Å². The molecule has 1 N–H and O–H groups in total. The zero-order valence-corrected chi connectivity index (χ0v) is 46.9. The normalized spacial score (nSPS) is 13.7. The molecule has 0 atom stereocenters. The molecule has 0 saturated carbocycles. The minimum Gasteiger partial charge on any atom is -0.354 e. The topological polar surface area (TPSA) is 15.8 Å². The van der Waals surface area contributed by atoms with Gasteiger partial charge in [0.25, 0.3) is 0 Å². The number of aromatic amines is 1. The summed E-state index contributed by atoms with van der Waals surface area (Å²) in [6.45, 7) is 41.5. The van der Waals surface area contributed by atoms with Gasteiger partial charge in [-0.3, -0.25) is 0 Å². The van der Waals surface area contributed by atoms with Gasteiger partial charge in [0.1, 0.15) is 0 Å². The van der Waals surface area contributed by atoms with Crippen LogP contribution < -0.4 is 0 Å². The molecule has 1 heterocycles. The van der Waals surface area contributed by atoms with Crippen LogP contribution in [0.2, 0.25) is 10.0 Å². The van der Waals surface area contributed by atoms with E-state index in [-0.39, 0.29) is 32.5 Å². The second kappa shape index (κ2) is 16.7. The van der Waals surface area contributed by atoms with E-state index in [0.717, 1.165) is 44.2 Å². The first-order valence-electron chi connectivity index (χ1n) is 25.5. The smallest absolute Gasteiger partial charge is 0.0557 e. The van der Waals surface area contributed by atoms with E-state index in [1.807, 2.05) is 0 Å². The van der Waals surface area contributed by atoms with Gasteiger partial charge in [-0.2, -0.15) is 0 Å². The first-order valence-corrected chi connectivity index (χ1v) is 26.3. The van der Waals surface area contributed by atoms with Crippen molar-refractivity contribution in [1.82, 2.24) is 4.98 Å². The highest BCUT2D eigenvalue weighted by atomic mass is 35.5. The molecule has 0 radical (unpaired) electrons. The first kappa shape index (κ1) is 49.9. The summed E-state index contributed by atoms with van der Waals surface area (Å²) in [5.74, 6) is 0. The fourth-order valence-corrected chi connectivity index (χ4v) is 10.9. The van der Waals surface area contributed by atoms with Crippen molar-refractivity contribution >= 4 is 45.0 Å². The zero-order chi connectivity index (χ0) is 51.0. The quantitative estimate of drug-likeness (QED) is 0.181. The Bertz CT molecular complexity index is 3340. The molecule has 0 aliphatic heterocycles. The summed E-state index contributed by atoms with van der Waals surface area (Å²) in [5.41, 5.74) is 24.3. The van der Waals surface area contributed by atoms with Gasteiger partial charge in [-0.05, 0) is 153 Å². The summed E-state index contributed by atoms with van der Waals surface area (Å²) in [7, 11) is 0. The SMILES string of the molecule is CC(C)(C)c1cc(-c2ccc3c(c2)Cc2c-3c(-c3cc(C(C)(C)C)ccc3Cl)c3[nH]c4cc(-c5cc(C(C)(C)C)cc(C(C)(C)C)c5)ccc4c3c2-c2cc(C(C)(C)C)ccc2Cl)cc(C(C)(C)C)c1. The molecule has 7 aromatic carbocycles. The fraction of sp³-hybridized carbons (Fsp3) is 0.373. The molecule has 8 aromatic rings. The lowest BCUT2D eigenvalue weighted by Crippen LogP contribution is -2.16. The van der Waals surface area contributed by atoms with Crippen LogP contribution >= 0.6 is 23.2 Å². The Balaban J connectivity index is 1.41. The van der Waals surface area contributed by atoms with Crippen molar-refractivity contribution in [2.45, 2.75) is 164 Å². The Labute approximate surface area is 430 Å². The average Bonchev–Trinajstić information content (AvgIpc) is 3.82. The summed E-state index contributed by atoms with van der Waals surface area (Å²) in [5, 5.41) is 3.84. The second-order valence-corrected chi connectivity index (χ2v) is 27.6. The standard InChI is InChI=1S/C67H75Cl2N/c1-62(2,3)43-21-25-54(68)51(36-43)58-53-32-42-27-38(40-28-45(64(7,8)9)34-46(29-40)65(10,11)12)19-23-49(42)57(53)60(52-37-44(63(4,5)6)22-26-55(52)69)61-59(58)50-24-20-39(33-56(50)70-61)41-30-47(66(13,14)15)35-48(31-41)67(16,17)18/h19-31,33-37,70H,32H2,1-18H3. The van der Waals surface area contributed by atoms with Gasteiger partial charge in [0.05, 0.1) is 5.52 Å². The van der Waals surface area contributed by atoms with Gasteiger partial charge in [-0.1, -0.05) is 227 Å². The summed E-state index contributed by atoms with van der Waals surface area (Å²) < 4.78 is 0. The molecule has 1 aromatic heterocycles. The molecule has 0 fully saturated rings. The number of fused-ring (bicyclic) bond motifs is 6. The third-order valence-corrected chi connectivity index (χ3v) is 15.8. The van der Waals surface area contributed by atoms with Gasteiger partial charge in [0, 0.05) is 43.0 Å². The lowest BCUT2D eigenvalue weighted by atomic mass is 9.78. The predicted octanol–water partition coefficient (Wildman–Crippen LogP) is 20.7. The molecule has 0 bridgehead atoms. The van der Waals surface area contributed by atoms with Crippen LogP contribution in [0.4, 0.5) is 0 Å². The van der Waals surface area contributed by atoms with Crippen LogP contribution in [0.1, 0.15) is 169 Å². The van der Waals surface area contributed by atoms with Gasteiger partial charge < -0.3 is 4.98 Å². The van der Waals surface area contributed by atoms with Crippen molar-refractivity contribution in [3.8, 4) is 55.6 Å². The van der Waals surface area contributed by atoms with E-state index in [4.69, 9.17) is 23.2 Å². The number of hydrogen-bond donors (Lipinski definition) is 1. The number of nitrogens with one attached hydrogen (secondary N) is 1. The summed E-state index contributed by atoms with van der Waals surface area (Å²) in [6, 6.07) is 42.1. The molecule has 0 unspecified atom stereocenters. The predicted molar refractivity (Wildman–Crippen MR) is 308 cm³/mol. The Morgan fingerprint density at radius 1 is 0.357 bits per heavy atom. The molecule has 1 aliphatic rings. The maximum Gasteiger partial charge on any atom is 0.0557 e. The third kappa shape index (κ3) is 9.09. The van der Waals surface area contributed by atoms with Gasteiger partial charge in [0.15, 0.2) is 0 Å². The van der Waals surface area contributed by atoms with Crippen LogP contribution in [0.25, 0.3) is 77.4 Å². The van der Waals surface area contributed by atoms with Crippen molar-refractivity contribution in [1.29, 1.82) is 0 Å². The number of benzene rings is 7. The molecular weight excluding hydrogens is 890 g/mol. The zero-order valence-electron chi connectivity index (χ0n) is 45.4. The summed E-state index contributed by atoms with van der Waals surface area (Å²) in [4.78, 5) is 4.14. The minimum atomic E-state index is -0.0916. The number of aromatic nitrogens is 1. The van der Waals surface area contributed by atoms with Crippen molar-refractivity contribution in [2.75, 3.05) is 0 Å². The van der Waals surface area contributed by atoms with Gasteiger partial charge >= 0.3 is 0 Å². The number of H-pyrrole nitrogens is 1. The van der Waals surface area contributed by atoms with Crippen LogP contribution in [0.15, 0.2) is 109 Å². The van der Waals surface area contributed by atoms with E-state index in [1.54, 1.807) is 0 Å². The molecule has 362 valence electrons. The van der Waals surface area contributed by atoms with Crippen LogP contribution in [-0.4, -0.2) is 4.98 Å². The van der Waals surface area contributed by atoms with Crippen molar-refractivity contribution < 1.29 is 0 Å². The molecule has 0 spiro atoms. The van der Waals surface area contributed by atoms with E-state index in [2.05, 4.69) is 239 Å². The van der Waals surface area contributed by atoms with Crippen LogP contribution in [0.5, 0.6) is 0 Å². The summed E-state index contributed by atoms with van der Waals surface area (Å²) in [6.07, 6.45) is 0.758. The highest BCUT2D eigenvalue weighted by molar-refractivity contribution is 6.36. The number of hydrogen-bond acceptors (Lipinski definition) is 0. The maximum absolute atomic E-state index is 7.55. The molecule has 70 heavy (non-hydrogen) atoms. The van der Waals surface area contributed by atoms with Crippen molar-refractivity contribution in [2.24, 2.45) is 0 Å². The van der Waals surface area contributed by atoms with Crippen LogP contribution in [0.3, 0.4) is 0 Å². The first-order chi connectivity index (χ1) is 32.3. The Hall–Kier alpha value is -5.08. The molecule has 0 saturated heterocycles. The molecule has 1 nitrogen and oxygen atoms in total. The van der Waals surface area contributed by atoms with E-state index in [9.17, 15) is 0 Å². The Morgan fingerprint density at radius 3 is 1.21 bits per heavy atom. The maximum atomic E-state index is 7.55. The van der Waals surface area contributed by atoms with Crippen molar-refractivity contribution in [3.05, 3.63) is 164 Å². The van der Waals surface area contributed by atoms with Crippen LogP contribution in [0, 0.1) is 0 Å². The minimum absolute atomic E-state index is 0.00377. The molecule has 0 amide bonds. The number of halogens is 2. The van der Waals surface area contributed by atoms with Gasteiger partial charge in [0.2, 0.25) is 0 Å². The fourth-order valence-electron chi connectivity index (χ4n) is 10.5. The largest absolute Gasteiger partial charge is 0.354 e. The Morgan fingerprint density at radius 2 is 0.771 bits per heavy atom.